The summed E-state index contributed by atoms with van der Waals surface area (Å²) in [6.45, 7) is -0.206. The lowest BCUT2D eigenvalue weighted by Gasteiger charge is -2.27. The van der Waals surface area contributed by atoms with Crippen LogP contribution in [0.2, 0.25) is 0 Å². The van der Waals surface area contributed by atoms with E-state index >= 15 is 0 Å². The average molecular weight is 279 g/mol. The number of Topliss-reactive ketones (excluding diaryl/α,β-unsaturated/α-hetero) is 1. The standard InChI is InChI=1S/C11H9F4NO3/c1-19-9(18)10(12)3-5-16-4-2-6(11(13,14)15)7(16)8(10)17/h2,4H,3,5H2,1H3. The fourth-order valence-electron chi connectivity index (χ4n) is 2.07. The maximum atomic E-state index is 14.3. The molecule has 1 aliphatic rings. The lowest BCUT2D eigenvalue weighted by Crippen LogP contribution is -2.48. The van der Waals surface area contributed by atoms with Crippen LogP contribution in [0.25, 0.3) is 0 Å². The van der Waals surface area contributed by atoms with Gasteiger partial charge in [-0.3, -0.25) is 4.79 Å². The van der Waals surface area contributed by atoms with Crippen molar-refractivity contribution in [3.8, 4) is 0 Å². The van der Waals surface area contributed by atoms with E-state index in [2.05, 4.69) is 4.74 Å². The minimum atomic E-state index is -4.79. The average Bonchev–Trinajstić information content (AvgIpc) is 2.77. The van der Waals surface area contributed by atoms with E-state index < -0.39 is 41.3 Å². The number of aromatic nitrogens is 1. The first kappa shape index (κ1) is 13.6. The zero-order valence-corrected chi connectivity index (χ0v) is 9.75. The molecule has 1 aliphatic heterocycles. The lowest BCUT2D eigenvalue weighted by molar-refractivity contribution is -0.152. The zero-order valence-electron chi connectivity index (χ0n) is 9.75. The van der Waals surface area contributed by atoms with Crippen molar-refractivity contribution < 1.29 is 31.9 Å². The number of rotatable bonds is 1. The Morgan fingerprint density at radius 1 is 1.47 bits per heavy atom. The molecule has 0 saturated heterocycles. The molecule has 1 aromatic heterocycles. The number of ether oxygens (including phenoxy) is 1. The van der Waals surface area contributed by atoms with Crippen LogP contribution in [0.4, 0.5) is 17.6 Å². The molecule has 0 aliphatic carbocycles. The molecule has 4 nitrogen and oxygen atoms in total. The second-order valence-corrected chi connectivity index (χ2v) is 4.14. The highest BCUT2D eigenvalue weighted by molar-refractivity contribution is 6.15. The smallest absolute Gasteiger partial charge is 0.418 e. The molecule has 0 amide bonds. The number of alkyl halides is 4. The Labute approximate surface area is 104 Å². The summed E-state index contributed by atoms with van der Waals surface area (Å²) in [7, 11) is 0.870. The summed E-state index contributed by atoms with van der Waals surface area (Å²) in [5.41, 5.74) is -5.14. The predicted octanol–water partition coefficient (Wildman–Crippen LogP) is 1.97. The predicted molar refractivity (Wildman–Crippen MR) is 54.2 cm³/mol. The van der Waals surface area contributed by atoms with Crippen LogP contribution in [0, 0.1) is 0 Å². The van der Waals surface area contributed by atoms with E-state index in [0.717, 1.165) is 17.9 Å². The van der Waals surface area contributed by atoms with E-state index in [-0.39, 0.29) is 6.54 Å². The molecule has 0 spiro atoms. The number of methoxy groups -OCH3 is 1. The van der Waals surface area contributed by atoms with Crippen LogP contribution in [-0.2, 0) is 22.3 Å². The van der Waals surface area contributed by atoms with Gasteiger partial charge in [-0.1, -0.05) is 0 Å². The van der Waals surface area contributed by atoms with E-state index in [0.29, 0.717) is 6.07 Å². The Kier molecular flexibility index (Phi) is 2.91. The number of halogens is 4. The Morgan fingerprint density at radius 2 is 2.11 bits per heavy atom. The third kappa shape index (κ3) is 1.91. The Morgan fingerprint density at radius 3 is 2.63 bits per heavy atom. The van der Waals surface area contributed by atoms with E-state index in [4.69, 9.17) is 0 Å². The van der Waals surface area contributed by atoms with Crippen LogP contribution >= 0.6 is 0 Å². The van der Waals surface area contributed by atoms with E-state index in [1.54, 1.807) is 0 Å². The quantitative estimate of drug-likeness (QED) is 0.448. The molecule has 0 aromatic carbocycles. The van der Waals surface area contributed by atoms with Gasteiger partial charge in [-0.15, -0.1) is 0 Å². The topological polar surface area (TPSA) is 48.3 Å². The van der Waals surface area contributed by atoms with Crippen LogP contribution in [-0.4, -0.2) is 29.1 Å². The molecule has 19 heavy (non-hydrogen) atoms. The third-order valence-electron chi connectivity index (χ3n) is 3.05. The summed E-state index contributed by atoms with van der Waals surface area (Å²) in [5, 5.41) is 0. The number of nitrogens with zero attached hydrogens (tertiary/aromatic N) is 1. The third-order valence-corrected chi connectivity index (χ3v) is 3.05. The molecule has 1 unspecified atom stereocenters. The molecule has 0 saturated carbocycles. The molecule has 1 atom stereocenters. The van der Waals surface area contributed by atoms with Gasteiger partial charge in [0.25, 0.3) is 5.67 Å². The van der Waals surface area contributed by atoms with Gasteiger partial charge < -0.3 is 9.30 Å². The maximum Gasteiger partial charge on any atom is 0.418 e. The molecule has 0 radical (unpaired) electrons. The number of carbonyl (C=O) groups is 2. The van der Waals surface area contributed by atoms with E-state index in [1.807, 2.05) is 0 Å². The highest BCUT2D eigenvalue weighted by atomic mass is 19.4. The van der Waals surface area contributed by atoms with Crippen molar-refractivity contribution in [1.29, 1.82) is 0 Å². The van der Waals surface area contributed by atoms with Gasteiger partial charge in [0.2, 0.25) is 5.78 Å². The molecular weight excluding hydrogens is 270 g/mol. The zero-order chi connectivity index (χ0) is 14.4. The first-order chi connectivity index (χ1) is 8.71. The molecule has 0 fully saturated rings. The van der Waals surface area contributed by atoms with E-state index in [9.17, 15) is 27.2 Å². The minimum Gasteiger partial charge on any atom is -0.466 e. The fraction of sp³-hybridized carbons (Fsp3) is 0.455. The lowest BCUT2D eigenvalue weighted by atomic mass is 9.89. The van der Waals surface area contributed by atoms with Crippen LogP contribution < -0.4 is 0 Å². The van der Waals surface area contributed by atoms with Crippen LogP contribution in [0.15, 0.2) is 12.3 Å². The summed E-state index contributed by atoms with van der Waals surface area (Å²) >= 11 is 0. The summed E-state index contributed by atoms with van der Waals surface area (Å²) < 4.78 is 57.6. The van der Waals surface area contributed by atoms with Gasteiger partial charge in [-0.25, -0.2) is 9.18 Å². The SMILES string of the molecule is COC(=O)C1(F)CCn2ccc(C(F)(F)F)c2C1=O. The fourth-order valence-corrected chi connectivity index (χ4v) is 2.07. The van der Waals surface area contributed by atoms with Crippen LogP contribution in [0.3, 0.4) is 0 Å². The van der Waals surface area contributed by atoms with Crippen molar-refractivity contribution in [1.82, 2.24) is 4.57 Å². The normalized spacial score (nSPS) is 23.1. The maximum absolute atomic E-state index is 14.3. The first-order valence-corrected chi connectivity index (χ1v) is 5.30. The van der Waals surface area contributed by atoms with Crippen molar-refractivity contribution in [3.63, 3.8) is 0 Å². The Balaban J connectivity index is 2.54. The van der Waals surface area contributed by atoms with Gasteiger partial charge in [0, 0.05) is 19.2 Å². The number of hydrogen-bond acceptors (Lipinski definition) is 3. The van der Waals surface area contributed by atoms with Crippen molar-refractivity contribution in [2.24, 2.45) is 0 Å². The summed E-state index contributed by atoms with van der Waals surface area (Å²) in [6.07, 6.45) is -4.28. The number of esters is 1. The molecular formula is C11H9F4NO3. The van der Waals surface area contributed by atoms with Crippen LogP contribution in [0.1, 0.15) is 22.5 Å². The van der Waals surface area contributed by atoms with Gasteiger partial charge in [0.05, 0.1) is 12.7 Å². The van der Waals surface area contributed by atoms with Crippen molar-refractivity contribution in [2.75, 3.05) is 7.11 Å². The van der Waals surface area contributed by atoms with Crippen molar-refractivity contribution in [2.45, 2.75) is 24.8 Å². The minimum absolute atomic E-state index is 0.206. The van der Waals surface area contributed by atoms with Gasteiger partial charge >= 0.3 is 12.1 Å². The summed E-state index contributed by atoms with van der Waals surface area (Å²) in [4.78, 5) is 23.2. The Hall–Kier alpha value is -1.86. The molecule has 2 rings (SSSR count). The Bertz CT molecular complexity index is 549. The van der Waals surface area contributed by atoms with E-state index in [1.165, 1.54) is 0 Å². The molecule has 0 N–H and O–H groups in total. The second kappa shape index (κ2) is 4.07. The highest BCUT2D eigenvalue weighted by Crippen LogP contribution is 2.38. The number of ketones is 1. The van der Waals surface area contributed by atoms with Crippen molar-refractivity contribution in [3.05, 3.63) is 23.5 Å². The number of hydrogen-bond donors (Lipinski definition) is 0. The second-order valence-electron chi connectivity index (χ2n) is 4.14. The summed E-state index contributed by atoms with van der Waals surface area (Å²) in [5.74, 6) is -2.99. The monoisotopic (exact) mass is 279 g/mol. The molecule has 1 aromatic rings. The van der Waals surface area contributed by atoms with Gasteiger partial charge in [0.15, 0.2) is 0 Å². The number of fused-ring (bicyclic) bond motifs is 1. The molecule has 0 bridgehead atoms. The number of carbonyl (C=O) groups excluding carboxylic acids is 2. The first-order valence-electron chi connectivity index (χ1n) is 5.30. The largest absolute Gasteiger partial charge is 0.466 e. The van der Waals surface area contributed by atoms with Gasteiger partial charge in [-0.05, 0) is 6.07 Å². The molecule has 8 heteroatoms. The van der Waals surface area contributed by atoms with Crippen molar-refractivity contribution >= 4 is 11.8 Å². The van der Waals surface area contributed by atoms with Gasteiger partial charge in [-0.2, -0.15) is 13.2 Å². The van der Waals surface area contributed by atoms with Gasteiger partial charge in [0.1, 0.15) is 5.69 Å². The number of aryl methyl sites for hydroxylation is 1. The van der Waals surface area contributed by atoms with Crippen LogP contribution in [0.5, 0.6) is 0 Å². The molecule has 2 heterocycles. The molecule has 104 valence electrons. The highest BCUT2D eigenvalue weighted by Gasteiger charge is 2.54. The summed E-state index contributed by atoms with van der Waals surface area (Å²) in [6, 6.07) is 0.691.